The lowest BCUT2D eigenvalue weighted by atomic mass is 9.94. The molecular formula is C27H28F4N4O3. The van der Waals surface area contributed by atoms with Crippen molar-refractivity contribution in [2.75, 3.05) is 13.1 Å². The number of allylic oxidation sites excluding steroid dienone is 5. The average molecular weight is 533 g/mol. The molecule has 1 amide bonds. The van der Waals surface area contributed by atoms with E-state index in [2.05, 4.69) is 10.3 Å². The number of carboxylic acid groups (broad SMARTS) is 1. The summed E-state index contributed by atoms with van der Waals surface area (Å²) in [5.74, 6) is -3.02. The standard InChI is InChI=1S/C27H28F4N4O3/c28-21-12-20(27(29,30)31)6-7-23(13-21)35-10-8-19(9-11-35)25(36)33-24(26(37)38)14-22-16-34(17-32-22)15-18-4-2-1-3-5-18/h1-5,7,12-13,16-17,19,24H,6,8-11,14-15H2,(H,33,36)(H,37,38). The van der Waals surface area contributed by atoms with Gasteiger partial charge in [-0.25, -0.2) is 14.2 Å². The molecular weight excluding hydrogens is 504 g/mol. The number of hydrogen-bond acceptors (Lipinski definition) is 4. The van der Waals surface area contributed by atoms with E-state index >= 15 is 0 Å². The third-order valence-corrected chi connectivity index (χ3v) is 6.65. The van der Waals surface area contributed by atoms with Crippen molar-refractivity contribution in [1.29, 1.82) is 0 Å². The number of halogens is 4. The first-order valence-electron chi connectivity index (χ1n) is 12.3. The lowest BCUT2D eigenvalue weighted by molar-refractivity contribution is -0.142. The number of benzene rings is 1. The summed E-state index contributed by atoms with van der Waals surface area (Å²) >= 11 is 0. The minimum absolute atomic E-state index is 0.0210. The molecule has 2 aromatic rings. The van der Waals surface area contributed by atoms with Gasteiger partial charge in [0.25, 0.3) is 0 Å². The number of likely N-dealkylation sites (tertiary alicyclic amines) is 1. The van der Waals surface area contributed by atoms with Crippen LogP contribution in [0, 0.1) is 5.92 Å². The normalized spacial score (nSPS) is 17.7. The smallest absolute Gasteiger partial charge is 0.413 e. The Morgan fingerprint density at radius 3 is 2.50 bits per heavy atom. The summed E-state index contributed by atoms with van der Waals surface area (Å²) in [7, 11) is 0. The van der Waals surface area contributed by atoms with Gasteiger partial charge >= 0.3 is 12.1 Å². The van der Waals surface area contributed by atoms with Crippen molar-refractivity contribution >= 4 is 11.9 Å². The van der Waals surface area contributed by atoms with E-state index < -0.39 is 47.8 Å². The van der Waals surface area contributed by atoms with Gasteiger partial charge in [0.05, 0.1) is 12.0 Å². The maximum absolute atomic E-state index is 14.0. The number of nitrogens with one attached hydrogen (secondary N) is 1. The Morgan fingerprint density at radius 2 is 1.84 bits per heavy atom. The molecule has 1 unspecified atom stereocenters. The van der Waals surface area contributed by atoms with Gasteiger partial charge in [0, 0.05) is 49.4 Å². The second-order valence-electron chi connectivity index (χ2n) is 9.42. The van der Waals surface area contributed by atoms with Gasteiger partial charge in [0.1, 0.15) is 11.9 Å². The Kier molecular flexibility index (Phi) is 8.33. The molecule has 7 nitrogen and oxygen atoms in total. The van der Waals surface area contributed by atoms with E-state index in [1.165, 1.54) is 6.08 Å². The summed E-state index contributed by atoms with van der Waals surface area (Å²) in [5, 5.41) is 12.3. The number of nitrogens with zero attached hydrogens (tertiary/aromatic N) is 3. The third kappa shape index (κ3) is 7.11. The van der Waals surface area contributed by atoms with Gasteiger partial charge < -0.3 is 19.9 Å². The molecule has 1 aliphatic heterocycles. The van der Waals surface area contributed by atoms with Crippen LogP contribution in [0.5, 0.6) is 0 Å². The number of piperidine rings is 1. The van der Waals surface area contributed by atoms with Crippen LogP contribution in [0.25, 0.3) is 0 Å². The molecule has 1 atom stereocenters. The zero-order valence-corrected chi connectivity index (χ0v) is 20.5. The summed E-state index contributed by atoms with van der Waals surface area (Å²) < 4.78 is 54.9. The number of aliphatic carboxylic acids is 1. The summed E-state index contributed by atoms with van der Waals surface area (Å²) in [4.78, 5) is 30.7. The van der Waals surface area contributed by atoms with Crippen molar-refractivity contribution in [3.05, 3.63) is 89.4 Å². The first kappa shape index (κ1) is 27.2. The maximum atomic E-state index is 14.0. The van der Waals surface area contributed by atoms with Crippen molar-refractivity contribution in [1.82, 2.24) is 19.8 Å². The second kappa shape index (κ2) is 11.7. The molecule has 2 N–H and O–H groups in total. The molecule has 2 aliphatic rings. The summed E-state index contributed by atoms with van der Waals surface area (Å²) in [6.07, 6.45) is 1.96. The Labute approximate surface area is 217 Å². The molecule has 11 heteroatoms. The number of carbonyl (C=O) groups excluding carboxylic acids is 1. The molecule has 1 saturated heterocycles. The highest BCUT2D eigenvalue weighted by atomic mass is 19.4. The van der Waals surface area contributed by atoms with Crippen LogP contribution in [0.15, 0.2) is 78.2 Å². The van der Waals surface area contributed by atoms with Crippen LogP contribution in [-0.4, -0.2) is 56.7 Å². The van der Waals surface area contributed by atoms with Gasteiger partial charge in [-0.05, 0) is 37.0 Å². The van der Waals surface area contributed by atoms with Gasteiger partial charge in [0.15, 0.2) is 0 Å². The first-order valence-corrected chi connectivity index (χ1v) is 12.3. The topological polar surface area (TPSA) is 87.5 Å². The fourth-order valence-electron chi connectivity index (χ4n) is 4.59. The molecule has 0 bridgehead atoms. The van der Waals surface area contributed by atoms with E-state index in [0.717, 1.165) is 11.6 Å². The highest BCUT2D eigenvalue weighted by molar-refractivity contribution is 5.85. The Hall–Kier alpha value is -3.89. The van der Waals surface area contributed by atoms with Crippen LogP contribution < -0.4 is 5.32 Å². The van der Waals surface area contributed by atoms with E-state index in [-0.39, 0.29) is 6.42 Å². The number of rotatable bonds is 8. The van der Waals surface area contributed by atoms with Crippen LogP contribution in [0.1, 0.15) is 30.5 Å². The Morgan fingerprint density at radius 1 is 1.13 bits per heavy atom. The SMILES string of the molecule is O=C(NC(Cc1cn(Cc2ccccc2)cn1)C(=O)O)C1CCN(C2=CCC(C(F)(F)F)=CC(F)=C2)CC1. The molecule has 1 aliphatic carbocycles. The number of aromatic nitrogens is 2. The van der Waals surface area contributed by atoms with E-state index in [1.54, 1.807) is 17.4 Å². The molecule has 0 spiro atoms. The van der Waals surface area contributed by atoms with Crippen molar-refractivity contribution < 1.29 is 32.3 Å². The van der Waals surface area contributed by atoms with Crippen LogP contribution in [-0.2, 0) is 22.6 Å². The lowest BCUT2D eigenvalue weighted by Crippen LogP contribution is -2.47. The molecule has 1 aromatic carbocycles. The minimum Gasteiger partial charge on any atom is -0.480 e. The molecule has 2 heterocycles. The quantitative estimate of drug-likeness (QED) is 0.493. The molecule has 1 fully saturated rings. The fourth-order valence-corrected chi connectivity index (χ4v) is 4.59. The van der Waals surface area contributed by atoms with E-state index in [0.29, 0.717) is 49.9 Å². The van der Waals surface area contributed by atoms with Crippen LogP contribution >= 0.6 is 0 Å². The fraction of sp³-hybridized carbons (Fsp3) is 0.370. The summed E-state index contributed by atoms with van der Waals surface area (Å²) in [6, 6.07) is 8.56. The summed E-state index contributed by atoms with van der Waals surface area (Å²) in [6.45, 7) is 1.24. The molecule has 1 aromatic heterocycles. The van der Waals surface area contributed by atoms with Gasteiger partial charge in [-0.1, -0.05) is 36.4 Å². The number of carboxylic acids is 1. The van der Waals surface area contributed by atoms with E-state index in [9.17, 15) is 32.3 Å². The molecule has 4 rings (SSSR count). The lowest BCUT2D eigenvalue weighted by Gasteiger charge is -2.34. The molecule has 202 valence electrons. The molecule has 0 radical (unpaired) electrons. The van der Waals surface area contributed by atoms with Crippen molar-refractivity contribution in [3.63, 3.8) is 0 Å². The van der Waals surface area contributed by atoms with Gasteiger partial charge in [-0.15, -0.1) is 0 Å². The maximum Gasteiger partial charge on any atom is 0.413 e. The zero-order valence-electron chi connectivity index (χ0n) is 20.5. The first-order chi connectivity index (χ1) is 18.1. The Bertz CT molecular complexity index is 1240. The predicted molar refractivity (Wildman–Crippen MR) is 131 cm³/mol. The van der Waals surface area contributed by atoms with Crippen molar-refractivity contribution in [3.8, 4) is 0 Å². The third-order valence-electron chi connectivity index (χ3n) is 6.65. The van der Waals surface area contributed by atoms with Gasteiger partial charge in [-0.2, -0.15) is 13.2 Å². The highest BCUT2D eigenvalue weighted by Crippen LogP contribution is 2.33. The second-order valence-corrected chi connectivity index (χ2v) is 9.42. The largest absolute Gasteiger partial charge is 0.480 e. The van der Waals surface area contributed by atoms with Crippen LogP contribution in [0.3, 0.4) is 0 Å². The zero-order chi connectivity index (χ0) is 27.3. The van der Waals surface area contributed by atoms with Crippen LogP contribution in [0.2, 0.25) is 0 Å². The number of amides is 1. The van der Waals surface area contributed by atoms with E-state index in [1.807, 2.05) is 34.9 Å². The predicted octanol–water partition coefficient (Wildman–Crippen LogP) is 4.39. The van der Waals surface area contributed by atoms with Gasteiger partial charge in [-0.3, -0.25) is 4.79 Å². The monoisotopic (exact) mass is 532 g/mol. The van der Waals surface area contributed by atoms with Crippen molar-refractivity contribution in [2.45, 2.75) is 44.4 Å². The highest BCUT2D eigenvalue weighted by Gasteiger charge is 2.34. The van der Waals surface area contributed by atoms with E-state index in [4.69, 9.17) is 0 Å². The number of alkyl halides is 3. The van der Waals surface area contributed by atoms with Crippen LogP contribution in [0.4, 0.5) is 17.6 Å². The molecule has 38 heavy (non-hydrogen) atoms. The number of hydrogen-bond donors (Lipinski definition) is 2. The average Bonchev–Trinajstić information content (AvgIpc) is 3.20. The van der Waals surface area contributed by atoms with Crippen molar-refractivity contribution in [2.24, 2.45) is 5.92 Å². The number of imidazole rings is 1. The molecule has 0 saturated carbocycles. The number of carbonyl (C=O) groups is 2. The van der Waals surface area contributed by atoms with Gasteiger partial charge in [0.2, 0.25) is 5.91 Å². The Balaban J connectivity index is 1.31. The minimum atomic E-state index is -4.61. The summed E-state index contributed by atoms with van der Waals surface area (Å²) in [5.41, 5.74) is 0.983.